The third kappa shape index (κ3) is 5.65. The Morgan fingerprint density at radius 2 is 1.87 bits per heavy atom. The highest BCUT2D eigenvalue weighted by Gasteiger charge is 2.32. The molecule has 1 unspecified atom stereocenters. The van der Waals surface area contributed by atoms with Gasteiger partial charge in [0.15, 0.2) is 5.65 Å². The summed E-state index contributed by atoms with van der Waals surface area (Å²) in [5.74, 6) is -0.233. The molecule has 1 atom stereocenters. The average molecular weight is 535 g/mol. The summed E-state index contributed by atoms with van der Waals surface area (Å²) in [6, 6.07) is 7.97. The van der Waals surface area contributed by atoms with Gasteiger partial charge in [-0.25, -0.2) is 13.9 Å². The van der Waals surface area contributed by atoms with Crippen molar-refractivity contribution in [3.8, 4) is 11.3 Å². The van der Waals surface area contributed by atoms with Crippen LogP contribution in [0.2, 0.25) is 0 Å². The second-order valence-corrected chi connectivity index (χ2v) is 10.8. The van der Waals surface area contributed by atoms with Crippen LogP contribution in [0.5, 0.6) is 0 Å². The zero-order chi connectivity index (χ0) is 27.7. The second-order valence-electron chi connectivity index (χ2n) is 10.8. The number of carbonyl (C=O) groups excluding carboxylic acids is 3. The van der Waals surface area contributed by atoms with Crippen LogP contribution in [0.15, 0.2) is 36.5 Å². The number of likely N-dealkylation sites (tertiary alicyclic amines) is 1. The van der Waals surface area contributed by atoms with E-state index in [1.807, 2.05) is 17.9 Å². The molecule has 2 aliphatic heterocycles. The minimum atomic E-state index is -0.312. The van der Waals surface area contributed by atoms with Crippen molar-refractivity contribution in [2.24, 2.45) is 0 Å². The van der Waals surface area contributed by atoms with Crippen molar-refractivity contribution in [3.05, 3.63) is 53.6 Å². The second kappa shape index (κ2) is 11.1. The number of amides is 3. The molecule has 39 heavy (non-hydrogen) atoms. The summed E-state index contributed by atoms with van der Waals surface area (Å²) in [6.45, 7) is 8.50. The Hall–Kier alpha value is -3.82. The van der Waals surface area contributed by atoms with E-state index in [9.17, 15) is 18.8 Å². The summed E-state index contributed by atoms with van der Waals surface area (Å²) in [6.07, 6.45) is 4.43. The zero-order valence-electron chi connectivity index (χ0n) is 22.8. The molecule has 2 aliphatic rings. The maximum absolute atomic E-state index is 13.5. The fourth-order valence-electron chi connectivity index (χ4n) is 5.44. The summed E-state index contributed by atoms with van der Waals surface area (Å²) < 4.78 is 15.1. The molecule has 2 fully saturated rings. The Balaban J connectivity index is 1.28. The van der Waals surface area contributed by atoms with E-state index in [1.54, 1.807) is 32.6 Å². The van der Waals surface area contributed by atoms with Crippen molar-refractivity contribution in [3.63, 3.8) is 0 Å². The Morgan fingerprint density at radius 3 is 2.56 bits per heavy atom. The van der Waals surface area contributed by atoms with Crippen molar-refractivity contribution in [1.29, 1.82) is 0 Å². The third-order valence-electron chi connectivity index (χ3n) is 7.69. The van der Waals surface area contributed by atoms with Gasteiger partial charge in [0.1, 0.15) is 11.5 Å². The number of aromatic nitrogens is 3. The SMILES string of the molecule is CC(C)c1cc(-c2ccc(F)cc2)nn2cc(C(=O)N3CCN(C(=O)CCN4CCCCC4=O)C(C)C3)nc12. The van der Waals surface area contributed by atoms with Gasteiger partial charge in [0.05, 0.1) is 11.9 Å². The zero-order valence-corrected chi connectivity index (χ0v) is 22.8. The smallest absolute Gasteiger partial charge is 0.274 e. The molecule has 206 valence electrons. The molecular formula is C29H35FN6O3. The van der Waals surface area contributed by atoms with Gasteiger partial charge < -0.3 is 14.7 Å². The maximum atomic E-state index is 13.5. The normalized spacial score (nSPS) is 18.3. The molecule has 5 rings (SSSR count). The molecule has 0 spiro atoms. The van der Waals surface area contributed by atoms with Crippen molar-refractivity contribution >= 4 is 23.4 Å². The maximum Gasteiger partial charge on any atom is 0.274 e. The lowest BCUT2D eigenvalue weighted by Crippen LogP contribution is -2.55. The van der Waals surface area contributed by atoms with Crippen molar-refractivity contribution in [2.75, 3.05) is 32.7 Å². The number of imidazole rings is 1. The molecule has 4 heterocycles. The standard InChI is InChI=1S/C29H35FN6O3/c1-19(2)23-16-24(21-7-9-22(30)10-8-21)32-36-18-25(31-28(23)36)29(39)34-14-15-35(20(3)17-34)27(38)11-13-33-12-5-4-6-26(33)37/h7-10,16,18-20H,4-6,11-15,17H2,1-3H3. The molecule has 3 aromatic rings. The monoisotopic (exact) mass is 534 g/mol. The third-order valence-corrected chi connectivity index (χ3v) is 7.69. The summed E-state index contributed by atoms with van der Waals surface area (Å²) in [5, 5.41) is 4.66. The van der Waals surface area contributed by atoms with Gasteiger partial charge in [-0.3, -0.25) is 14.4 Å². The molecular weight excluding hydrogens is 499 g/mol. The van der Waals surface area contributed by atoms with E-state index in [0.29, 0.717) is 56.1 Å². The van der Waals surface area contributed by atoms with Crippen LogP contribution < -0.4 is 0 Å². The Kier molecular flexibility index (Phi) is 7.63. The first kappa shape index (κ1) is 26.8. The Bertz CT molecular complexity index is 1390. The molecule has 0 saturated carbocycles. The van der Waals surface area contributed by atoms with Crippen LogP contribution in [-0.4, -0.2) is 85.8 Å². The van der Waals surface area contributed by atoms with Crippen molar-refractivity contribution in [2.45, 2.75) is 58.4 Å². The fourth-order valence-corrected chi connectivity index (χ4v) is 5.44. The molecule has 0 bridgehead atoms. The van der Waals surface area contributed by atoms with Crippen molar-refractivity contribution < 1.29 is 18.8 Å². The molecule has 1 aromatic carbocycles. The summed E-state index contributed by atoms with van der Waals surface area (Å²) in [5.41, 5.74) is 3.32. The first-order valence-corrected chi connectivity index (χ1v) is 13.7. The van der Waals surface area contributed by atoms with Gasteiger partial charge in [-0.2, -0.15) is 5.10 Å². The van der Waals surface area contributed by atoms with Crippen LogP contribution in [0, 0.1) is 5.82 Å². The minimum Gasteiger partial charge on any atom is -0.342 e. The number of rotatable bonds is 6. The van der Waals surface area contributed by atoms with Crippen LogP contribution in [0.3, 0.4) is 0 Å². The number of benzene rings is 1. The lowest BCUT2D eigenvalue weighted by Gasteiger charge is -2.40. The summed E-state index contributed by atoms with van der Waals surface area (Å²) >= 11 is 0. The van der Waals surface area contributed by atoms with Crippen LogP contribution >= 0.6 is 0 Å². The molecule has 10 heteroatoms. The van der Waals surface area contributed by atoms with E-state index in [0.717, 1.165) is 30.5 Å². The van der Waals surface area contributed by atoms with Gasteiger partial charge >= 0.3 is 0 Å². The topological polar surface area (TPSA) is 91.1 Å². The highest BCUT2D eigenvalue weighted by atomic mass is 19.1. The number of hydrogen-bond donors (Lipinski definition) is 0. The largest absolute Gasteiger partial charge is 0.342 e. The minimum absolute atomic E-state index is 0.0137. The number of hydrogen-bond acceptors (Lipinski definition) is 5. The molecule has 2 aromatic heterocycles. The van der Waals surface area contributed by atoms with Gasteiger partial charge in [0.2, 0.25) is 11.8 Å². The average Bonchev–Trinajstić information content (AvgIpc) is 3.36. The van der Waals surface area contributed by atoms with Gasteiger partial charge in [-0.1, -0.05) is 13.8 Å². The quantitative estimate of drug-likeness (QED) is 0.481. The summed E-state index contributed by atoms with van der Waals surface area (Å²) in [7, 11) is 0. The Labute approximate surface area is 227 Å². The van der Waals surface area contributed by atoms with E-state index >= 15 is 0 Å². The van der Waals surface area contributed by atoms with Gasteiger partial charge in [-0.05, 0) is 56.0 Å². The van der Waals surface area contributed by atoms with Crippen molar-refractivity contribution in [1.82, 2.24) is 29.3 Å². The first-order chi connectivity index (χ1) is 18.7. The van der Waals surface area contributed by atoms with E-state index in [1.165, 1.54) is 12.1 Å². The molecule has 3 amide bonds. The molecule has 0 radical (unpaired) electrons. The lowest BCUT2D eigenvalue weighted by molar-refractivity contribution is -0.137. The molecule has 2 saturated heterocycles. The number of nitrogens with zero attached hydrogens (tertiary/aromatic N) is 6. The number of carbonyl (C=O) groups is 3. The van der Waals surface area contributed by atoms with Crippen LogP contribution in [0.1, 0.15) is 68.4 Å². The number of piperazine rings is 1. The van der Waals surface area contributed by atoms with E-state index in [2.05, 4.69) is 23.9 Å². The fraction of sp³-hybridized carbons (Fsp3) is 0.483. The molecule has 0 N–H and O–H groups in total. The lowest BCUT2D eigenvalue weighted by atomic mass is 10.0. The number of piperidine rings is 1. The predicted octanol–water partition coefficient (Wildman–Crippen LogP) is 3.73. The number of halogens is 1. The van der Waals surface area contributed by atoms with Crippen LogP contribution in [0.25, 0.3) is 16.9 Å². The van der Waals surface area contributed by atoms with Gasteiger partial charge in [-0.15, -0.1) is 0 Å². The highest BCUT2D eigenvalue weighted by molar-refractivity contribution is 5.93. The van der Waals surface area contributed by atoms with E-state index in [-0.39, 0.29) is 35.5 Å². The van der Waals surface area contributed by atoms with E-state index < -0.39 is 0 Å². The van der Waals surface area contributed by atoms with E-state index in [4.69, 9.17) is 0 Å². The molecule has 9 nitrogen and oxygen atoms in total. The van der Waals surface area contributed by atoms with Gasteiger partial charge in [0, 0.05) is 62.7 Å². The van der Waals surface area contributed by atoms with Gasteiger partial charge in [0.25, 0.3) is 5.91 Å². The van der Waals surface area contributed by atoms with Crippen LogP contribution in [0.4, 0.5) is 4.39 Å². The van der Waals surface area contributed by atoms with Crippen LogP contribution in [-0.2, 0) is 9.59 Å². The number of fused-ring (bicyclic) bond motifs is 1. The first-order valence-electron chi connectivity index (χ1n) is 13.7. The Morgan fingerprint density at radius 1 is 1.10 bits per heavy atom. The predicted molar refractivity (Wildman–Crippen MR) is 145 cm³/mol. The highest BCUT2D eigenvalue weighted by Crippen LogP contribution is 2.26. The summed E-state index contributed by atoms with van der Waals surface area (Å²) in [4.78, 5) is 48.4. The molecule has 0 aliphatic carbocycles.